The van der Waals surface area contributed by atoms with Crippen molar-refractivity contribution in [2.45, 2.75) is 26.7 Å². The number of aliphatic imine (C=N–C) groups is 1. The lowest BCUT2D eigenvalue weighted by atomic mass is 9.97. The molecule has 0 saturated carbocycles. The summed E-state index contributed by atoms with van der Waals surface area (Å²) in [6, 6.07) is 29.2. The van der Waals surface area contributed by atoms with Crippen LogP contribution in [0, 0.1) is 18.3 Å². The largest absolute Gasteiger partial charge is 0.455 e. The first-order valence-electron chi connectivity index (χ1n) is 16.2. The normalized spacial score (nSPS) is 16.5. The number of furan rings is 1. The molecule has 0 aliphatic heterocycles. The molecule has 0 saturated heterocycles. The summed E-state index contributed by atoms with van der Waals surface area (Å²) >= 11 is 0. The van der Waals surface area contributed by atoms with Crippen LogP contribution in [0.3, 0.4) is 0 Å². The average Bonchev–Trinajstić information content (AvgIpc) is 3.51. The van der Waals surface area contributed by atoms with E-state index in [1.54, 1.807) is 0 Å². The van der Waals surface area contributed by atoms with Crippen molar-refractivity contribution in [3.8, 4) is 0 Å². The summed E-state index contributed by atoms with van der Waals surface area (Å²) in [7, 11) is 0. The van der Waals surface area contributed by atoms with E-state index in [9.17, 15) is 0 Å². The third-order valence-electron chi connectivity index (χ3n) is 8.71. The number of nitrogens with zero attached hydrogens (tertiary/aromatic N) is 2. The topological polar surface area (TPSA) is 54.3 Å². The van der Waals surface area contributed by atoms with Crippen LogP contribution in [0.15, 0.2) is 161 Å². The minimum Gasteiger partial charge on any atom is -0.455 e. The molecule has 2 heterocycles. The zero-order valence-corrected chi connectivity index (χ0v) is 26.7. The smallest absolute Gasteiger partial charge is 0.145 e. The van der Waals surface area contributed by atoms with Crippen LogP contribution in [0.5, 0.6) is 0 Å². The molecule has 4 aromatic carbocycles. The summed E-state index contributed by atoms with van der Waals surface area (Å²) in [5, 5.41) is 12.0. The van der Waals surface area contributed by atoms with Crippen LogP contribution in [0.4, 0.5) is 0 Å². The molecular weight excluding hydrogens is 574 g/mol. The first-order chi connectivity index (χ1) is 23.1. The predicted molar refractivity (Wildman–Crippen MR) is 201 cm³/mol. The number of benzene rings is 4. The summed E-state index contributed by atoms with van der Waals surface area (Å²) in [6.07, 6.45) is 24.6. The summed E-state index contributed by atoms with van der Waals surface area (Å²) in [5.74, 6) is 0.588. The molecule has 8 rings (SSSR count). The number of allylic oxidation sites excluding steroid dienone is 12. The predicted octanol–water partition coefficient (Wildman–Crippen LogP) is 11.5. The van der Waals surface area contributed by atoms with Gasteiger partial charge in [-0.3, -0.25) is 5.41 Å². The Bertz CT molecular complexity index is 2330. The van der Waals surface area contributed by atoms with Gasteiger partial charge in [-0.15, -0.1) is 0 Å². The van der Waals surface area contributed by atoms with E-state index in [0.717, 1.165) is 41.6 Å². The van der Waals surface area contributed by atoms with E-state index in [0.29, 0.717) is 5.92 Å². The van der Waals surface area contributed by atoms with Gasteiger partial charge in [0.05, 0.1) is 22.1 Å². The van der Waals surface area contributed by atoms with Crippen molar-refractivity contribution in [3.05, 3.63) is 162 Å². The van der Waals surface area contributed by atoms with Crippen molar-refractivity contribution in [2.24, 2.45) is 10.9 Å². The number of aryl methyl sites for hydroxylation is 1. The van der Waals surface area contributed by atoms with E-state index in [-0.39, 0.29) is 0 Å². The Morgan fingerprint density at radius 2 is 1.68 bits per heavy atom. The van der Waals surface area contributed by atoms with Crippen molar-refractivity contribution in [3.63, 3.8) is 0 Å². The third kappa shape index (κ3) is 5.98. The molecule has 0 fully saturated rings. The lowest BCUT2D eigenvalue weighted by Crippen LogP contribution is -1.98. The Morgan fingerprint density at radius 3 is 2.51 bits per heavy atom. The second-order valence-corrected chi connectivity index (χ2v) is 12.0. The molecule has 6 aromatic rings. The second kappa shape index (κ2) is 13.3. The number of para-hydroxylation sites is 2. The van der Waals surface area contributed by atoms with Crippen LogP contribution in [-0.4, -0.2) is 16.6 Å². The lowest BCUT2D eigenvalue weighted by molar-refractivity contribution is 0.673. The van der Waals surface area contributed by atoms with Crippen LogP contribution in [0.1, 0.15) is 30.9 Å². The number of hydrogen-bond donors (Lipinski definition) is 1. The van der Waals surface area contributed by atoms with E-state index in [1.807, 2.05) is 42.5 Å². The highest BCUT2D eigenvalue weighted by Gasteiger charge is 2.20. The van der Waals surface area contributed by atoms with E-state index < -0.39 is 0 Å². The number of hydrogen-bond acceptors (Lipinski definition) is 2. The van der Waals surface area contributed by atoms with Crippen molar-refractivity contribution in [1.82, 2.24) is 4.57 Å². The molecule has 0 amide bonds. The molecule has 1 unspecified atom stereocenters. The number of aromatic nitrogens is 1. The Labute approximate surface area is 275 Å². The molecular formula is C43H37N3O. The highest BCUT2D eigenvalue weighted by atomic mass is 16.3. The summed E-state index contributed by atoms with van der Waals surface area (Å²) in [6.45, 7) is 4.42. The van der Waals surface area contributed by atoms with Gasteiger partial charge in [0.15, 0.2) is 0 Å². The Morgan fingerprint density at radius 1 is 0.894 bits per heavy atom. The quantitative estimate of drug-likeness (QED) is 0.153. The minimum atomic E-state index is 0.588. The van der Waals surface area contributed by atoms with Gasteiger partial charge in [0, 0.05) is 27.4 Å². The van der Waals surface area contributed by atoms with Gasteiger partial charge < -0.3 is 8.98 Å². The summed E-state index contributed by atoms with van der Waals surface area (Å²) in [5.41, 5.74) is 9.86. The number of fused-ring (bicyclic) bond motifs is 7. The van der Waals surface area contributed by atoms with Gasteiger partial charge in [-0.05, 0) is 67.2 Å². The maximum Gasteiger partial charge on any atom is 0.145 e. The molecule has 47 heavy (non-hydrogen) atoms. The summed E-state index contributed by atoms with van der Waals surface area (Å²) in [4.78, 5) is 4.12. The van der Waals surface area contributed by atoms with Crippen LogP contribution >= 0.6 is 0 Å². The van der Waals surface area contributed by atoms with Crippen LogP contribution in [-0.2, 0) is 0 Å². The number of nitrogens with one attached hydrogen (secondary N) is 1. The van der Waals surface area contributed by atoms with E-state index in [1.165, 1.54) is 49.4 Å². The van der Waals surface area contributed by atoms with Crippen molar-refractivity contribution >= 4 is 61.5 Å². The monoisotopic (exact) mass is 611 g/mol. The molecule has 0 radical (unpaired) electrons. The molecule has 1 N–H and O–H groups in total. The Hall–Kier alpha value is -5.74. The van der Waals surface area contributed by atoms with E-state index in [2.05, 4.69) is 127 Å². The van der Waals surface area contributed by atoms with Crippen LogP contribution in [0.25, 0.3) is 49.4 Å². The van der Waals surface area contributed by atoms with E-state index >= 15 is 0 Å². The van der Waals surface area contributed by atoms with Gasteiger partial charge in [0.25, 0.3) is 0 Å². The van der Waals surface area contributed by atoms with Crippen molar-refractivity contribution in [2.75, 3.05) is 0 Å². The molecule has 2 aliphatic rings. The maximum absolute atomic E-state index is 7.16. The van der Waals surface area contributed by atoms with Crippen molar-refractivity contribution < 1.29 is 4.42 Å². The van der Waals surface area contributed by atoms with Gasteiger partial charge in [0.2, 0.25) is 0 Å². The maximum atomic E-state index is 7.16. The van der Waals surface area contributed by atoms with Crippen LogP contribution < -0.4 is 0 Å². The SMILES string of the molecule is CC1C=C(/C=C/C(=NC=N)c2ccccc2)C=CC1.Cc1cc2c3ccccc3oc2c2c3ccccc3n(C3=CCC=CC=C3)c12. The molecule has 2 aliphatic carbocycles. The fourth-order valence-electron chi connectivity index (χ4n) is 6.57. The van der Waals surface area contributed by atoms with Gasteiger partial charge in [-0.1, -0.05) is 122 Å². The molecule has 1 atom stereocenters. The molecule has 230 valence electrons. The Balaban J connectivity index is 0.000000162. The highest BCUT2D eigenvalue weighted by molar-refractivity contribution is 6.25. The molecule has 4 nitrogen and oxygen atoms in total. The Kier molecular flexibility index (Phi) is 8.48. The highest BCUT2D eigenvalue weighted by Crippen LogP contribution is 2.42. The molecule has 2 aromatic heterocycles. The fraction of sp³-hybridized carbons (Fsp3) is 0.116. The van der Waals surface area contributed by atoms with Gasteiger partial charge in [0.1, 0.15) is 17.5 Å². The van der Waals surface area contributed by atoms with Crippen molar-refractivity contribution in [1.29, 1.82) is 5.41 Å². The first kappa shape index (κ1) is 29.9. The zero-order valence-electron chi connectivity index (χ0n) is 26.7. The van der Waals surface area contributed by atoms with Gasteiger partial charge >= 0.3 is 0 Å². The zero-order chi connectivity index (χ0) is 32.2. The first-order valence-corrected chi connectivity index (χ1v) is 16.2. The molecule has 4 heteroatoms. The average molecular weight is 612 g/mol. The second-order valence-electron chi connectivity index (χ2n) is 12.0. The van der Waals surface area contributed by atoms with E-state index in [4.69, 9.17) is 9.83 Å². The van der Waals surface area contributed by atoms with Gasteiger partial charge in [-0.25, -0.2) is 4.99 Å². The minimum absolute atomic E-state index is 0.588. The standard InChI is InChI=1S/C26H19NO.C17H18N2/c1-17-16-21-19-12-7-9-15-23(19)28-26(21)24-20-13-6-8-14-22(20)27(25(17)24)18-10-4-2-3-5-11-18;1-14-6-5-7-15(12-14)10-11-17(19-13-18)16-8-3-2-4-9-16/h2-4,6-16H,5H2,1H3;2-5,7-14,18H,6H2,1H3/b;11-10+,18-13?,19-17?. The van der Waals surface area contributed by atoms with Crippen LogP contribution in [0.2, 0.25) is 0 Å². The third-order valence-corrected chi connectivity index (χ3v) is 8.71. The fourth-order valence-corrected chi connectivity index (χ4v) is 6.57. The lowest BCUT2D eigenvalue weighted by Gasteiger charge is -2.10. The molecule has 0 bridgehead atoms. The molecule has 0 spiro atoms. The number of rotatable bonds is 5. The summed E-state index contributed by atoms with van der Waals surface area (Å²) < 4.78 is 8.78. The van der Waals surface area contributed by atoms with Gasteiger partial charge in [-0.2, -0.15) is 0 Å².